The van der Waals surface area contributed by atoms with E-state index in [1.54, 1.807) is 12.1 Å². The van der Waals surface area contributed by atoms with Gasteiger partial charge in [0.1, 0.15) is 0 Å². The summed E-state index contributed by atoms with van der Waals surface area (Å²) in [4.78, 5) is 3.86. The summed E-state index contributed by atoms with van der Waals surface area (Å²) in [7, 11) is -2.41. The van der Waals surface area contributed by atoms with Crippen molar-refractivity contribution in [3.63, 3.8) is 0 Å². The zero-order chi connectivity index (χ0) is 10.6. The van der Waals surface area contributed by atoms with Crippen molar-refractivity contribution in [3.8, 4) is 5.88 Å². The Balaban J connectivity index is 2.61. The summed E-state index contributed by atoms with van der Waals surface area (Å²) in [5, 5.41) is 4.64. The highest BCUT2D eigenvalue weighted by molar-refractivity contribution is 7.84. The van der Waals surface area contributed by atoms with Crippen LogP contribution < -0.4 is 9.88 Å². The minimum atomic E-state index is -3.90. The molecule has 78 valence electrons. The van der Waals surface area contributed by atoms with Crippen molar-refractivity contribution in [2.45, 2.75) is 6.61 Å². The van der Waals surface area contributed by atoms with Crippen LogP contribution in [0.25, 0.3) is 0 Å². The molecule has 1 heterocycles. The van der Waals surface area contributed by atoms with Gasteiger partial charge in [-0.15, -0.1) is 0 Å². The summed E-state index contributed by atoms with van der Waals surface area (Å²) in [5.41, 5.74) is 0.597. The SMILES string of the molecule is COc1ccc(COS(N)(=O)=O)cn1. The molecule has 7 heteroatoms. The third-order valence-electron chi connectivity index (χ3n) is 1.40. The highest BCUT2D eigenvalue weighted by atomic mass is 32.2. The summed E-state index contributed by atoms with van der Waals surface area (Å²) < 4.78 is 30.1. The van der Waals surface area contributed by atoms with Crippen molar-refractivity contribution in [1.29, 1.82) is 0 Å². The average molecular weight is 218 g/mol. The highest BCUT2D eigenvalue weighted by Gasteiger charge is 2.03. The number of hydrogen-bond donors (Lipinski definition) is 1. The molecule has 0 radical (unpaired) electrons. The molecule has 0 aliphatic heterocycles. The lowest BCUT2D eigenvalue weighted by Crippen LogP contribution is -2.15. The van der Waals surface area contributed by atoms with Gasteiger partial charge < -0.3 is 4.74 Å². The lowest BCUT2D eigenvalue weighted by molar-refractivity contribution is 0.307. The molecule has 0 bridgehead atoms. The Kier molecular flexibility index (Phi) is 3.39. The van der Waals surface area contributed by atoms with E-state index in [2.05, 4.69) is 14.3 Å². The van der Waals surface area contributed by atoms with Gasteiger partial charge in [0.2, 0.25) is 5.88 Å². The Morgan fingerprint density at radius 1 is 1.50 bits per heavy atom. The van der Waals surface area contributed by atoms with Crippen molar-refractivity contribution < 1.29 is 17.3 Å². The van der Waals surface area contributed by atoms with Gasteiger partial charge in [0.15, 0.2) is 0 Å². The van der Waals surface area contributed by atoms with E-state index in [9.17, 15) is 8.42 Å². The van der Waals surface area contributed by atoms with Crippen LogP contribution in [-0.4, -0.2) is 20.5 Å². The molecule has 6 nitrogen and oxygen atoms in total. The Morgan fingerprint density at radius 2 is 2.21 bits per heavy atom. The second kappa shape index (κ2) is 4.36. The zero-order valence-electron chi connectivity index (χ0n) is 7.50. The average Bonchev–Trinajstić information content (AvgIpc) is 2.14. The molecule has 0 saturated carbocycles. The monoisotopic (exact) mass is 218 g/mol. The van der Waals surface area contributed by atoms with Crippen LogP contribution in [0.15, 0.2) is 18.3 Å². The number of aromatic nitrogens is 1. The Bertz CT molecular complexity index is 387. The first-order chi connectivity index (χ1) is 6.51. The van der Waals surface area contributed by atoms with E-state index in [1.165, 1.54) is 13.3 Å². The van der Waals surface area contributed by atoms with Crippen LogP contribution in [0.1, 0.15) is 5.56 Å². The fourth-order valence-corrected chi connectivity index (χ4v) is 1.07. The van der Waals surface area contributed by atoms with E-state index < -0.39 is 10.3 Å². The van der Waals surface area contributed by atoms with Gasteiger partial charge in [-0.3, -0.25) is 4.18 Å². The minimum absolute atomic E-state index is 0.129. The Labute approximate surface area is 81.9 Å². The number of ether oxygens (including phenoxy) is 1. The largest absolute Gasteiger partial charge is 0.481 e. The van der Waals surface area contributed by atoms with E-state index in [-0.39, 0.29) is 6.61 Å². The molecule has 1 aromatic heterocycles. The van der Waals surface area contributed by atoms with Gasteiger partial charge in [0.05, 0.1) is 13.7 Å². The van der Waals surface area contributed by atoms with E-state index in [4.69, 9.17) is 4.74 Å². The van der Waals surface area contributed by atoms with E-state index in [0.29, 0.717) is 11.4 Å². The molecule has 0 aromatic carbocycles. The van der Waals surface area contributed by atoms with Crippen molar-refractivity contribution in [2.75, 3.05) is 7.11 Å². The first-order valence-corrected chi connectivity index (χ1v) is 5.14. The second-order valence-corrected chi connectivity index (χ2v) is 3.69. The summed E-state index contributed by atoms with van der Waals surface area (Å²) >= 11 is 0. The lowest BCUT2D eigenvalue weighted by atomic mass is 10.3. The summed E-state index contributed by atoms with van der Waals surface area (Å²) in [6.45, 7) is -0.129. The van der Waals surface area contributed by atoms with Gasteiger partial charge in [-0.05, 0) is 11.6 Å². The van der Waals surface area contributed by atoms with Crippen LogP contribution in [0.3, 0.4) is 0 Å². The maximum Gasteiger partial charge on any atom is 0.333 e. The molecule has 0 saturated heterocycles. The molecule has 0 fully saturated rings. The van der Waals surface area contributed by atoms with Gasteiger partial charge >= 0.3 is 10.3 Å². The number of pyridine rings is 1. The standard InChI is InChI=1S/C7H10N2O4S/c1-12-7-3-2-6(4-9-7)5-13-14(8,10)11/h2-4H,5H2,1H3,(H2,8,10,11). The predicted molar refractivity (Wildman–Crippen MR) is 48.7 cm³/mol. The second-order valence-electron chi connectivity index (χ2n) is 2.46. The summed E-state index contributed by atoms with van der Waals surface area (Å²) in [6.07, 6.45) is 1.45. The van der Waals surface area contributed by atoms with Crippen LogP contribution in [0.5, 0.6) is 5.88 Å². The normalized spacial score (nSPS) is 11.3. The smallest absolute Gasteiger partial charge is 0.333 e. The molecule has 0 aliphatic carbocycles. The van der Waals surface area contributed by atoms with Gasteiger partial charge in [-0.25, -0.2) is 10.1 Å². The summed E-state index contributed by atoms with van der Waals surface area (Å²) in [5.74, 6) is 0.448. The van der Waals surface area contributed by atoms with Crippen LogP contribution in [0.2, 0.25) is 0 Å². The van der Waals surface area contributed by atoms with Crippen molar-refractivity contribution in [3.05, 3.63) is 23.9 Å². The topological polar surface area (TPSA) is 91.5 Å². The molecular weight excluding hydrogens is 208 g/mol. The minimum Gasteiger partial charge on any atom is -0.481 e. The Morgan fingerprint density at radius 3 is 2.64 bits per heavy atom. The van der Waals surface area contributed by atoms with Gasteiger partial charge in [0.25, 0.3) is 0 Å². The molecule has 0 aliphatic rings. The molecule has 0 spiro atoms. The van der Waals surface area contributed by atoms with Crippen LogP contribution in [0, 0.1) is 0 Å². The maximum atomic E-state index is 10.4. The van der Waals surface area contributed by atoms with Crippen molar-refractivity contribution in [2.24, 2.45) is 5.14 Å². The Hall–Kier alpha value is -1.18. The molecule has 1 aromatic rings. The maximum absolute atomic E-state index is 10.4. The molecule has 14 heavy (non-hydrogen) atoms. The van der Waals surface area contributed by atoms with E-state index in [0.717, 1.165) is 0 Å². The number of nitrogens with zero attached hydrogens (tertiary/aromatic N) is 1. The molecule has 0 atom stereocenters. The van der Waals surface area contributed by atoms with E-state index in [1.807, 2.05) is 0 Å². The third-order valence-corrected chi connectivity index (χ3v) is 1.84. The number of nitrogens with two attached hydrogens (primary N) is 1. The van der Waals surface area contributed by atoms with Crippen LogP contribution in [-0.2, 0) is 21.1 Å². The molecule has 2 N–H and O–H groups in total. The third kappa shape index (κ3) is 3.69. The number of methoxy groups -OCH3 is 1. The quantitative estimate of drug-likeness (QED) is 0.756. The molecule has 1 rings (SSSR count). The van der Waals surface area contributed by atoms with Crippen LogP contribution in [0.4, 0.5) is 0 Å². The van der Waals surface area contributed by atoms with Gasteiger partial charge in [0, 0.05) is 12.3 Å². The fraction of sp³-hybridized carbons (Fsp3) is 0.286. The van der Waals surface area contributed by atoms with Crippen molar-refractivity contribution in [1.82, 2.24) is 4.98 Å². The molecule has 0 amide bonds. The molecule has 0 unspecified atom stereocenters. The highest BCUT2D eigenvalue weighted by Crippen LogP contribution is 2.07. The lowest BCUT2D eigenvalue weighted by Gasteiger charge is -2.01. The first kappa shape index (κ1) is 10.9. The van der Waals surface area contributed by atoms with Crippen molar-refractivity contribution >= 4 is 10.3 Å². The molecular formula is C7H10N2O4S. The predicted octanol–water partition coefficient (Wildman–Crippen LogP) is -0.190. The first-order valence-electron chi connectivity index (χ1n) is 3.67. The number of rotatable bonds is 4. The fourth-order valence-electron chi connectivity index (χ4n) is 0.767. The summed E-state index contributed by atoms with van der Waals surface area (Å²) in [6, 6.07) is 3.23. The van der Waals surface area contributed by atoms with Gasteiger partial charge in [-0.2, -0.15) is 8.42 Å². The van der Waals surface area contributed by atoms with E-state index >= 15 is 0 Å². The zero-order valence-corrected chi connectivity index (χ0v) is 8.32. The van der Waals surface area contributed by atoms with Gasteiger partial charge in [-0.1, -0.05) is 0 Å². The number of hydrogen-bond acceptors (Lipinski definition) is 5. The van der Waals surface area contributed by atoms with Crippen LogP contribution >= 0.6 is 0 Å².